The number of aliphatic carboxylic acids is 1. The molecule has 0 aromatic carbocycles. The van der Waals surface area contributed by atoms with E-state index in [9.17, 15) is 9.59 Å². The van der Waals surface area contributed by atoms with Crippen molar-refractivity contribution in [1.29, 1.82) is 0 Å². The SMILES string of the molecule is O=C(O)CCN(C(=O)N1CCN2CCCC2C1)C1CC1. The highest BCUT2D eigenvalue weighted by Crippen LogP contribution is 2.29. The molecule has 6 nitrogen and oxygen atoms in total. The lowest BCUT2D eigenvalue weighted by molar-refractivity contribution is -0.137. The molecule has 0 radical (unpaired) electrons. The highest BCUT2D eigenvalue weighted by atomic mass is 16.4. The van der Waals surface area contributed by atoms with E-state index < -0.39 is 5.97 Å². The van der Waals surface area contributed by atoms with E-state index >= 15 is 0 Å². The van der Waals surface area contributed by atoms with Gasteiger partial charge in [0.15, 0.2) is 0 Å². The number of nitrogens with zero attached hydrogens (tertiary/aromatic N) is 3. The van der Waals surface area contributed by atoms with Crippen LogP contribution < -0.4 is 0 Å². The molecule has 20 heavy (non-hydrogen) atoms. The van der Waals surface area contributed by atoms with Crippen LogP contribution in [0.3, 0.4) is 0 Å². The first-order chi connectivity index (χ1) is 9.65. The average molecular weight is 281 g/mol. The van der Waals surface area contributed by atoms with Gasteiger partial charge in [-0.25, -0.2) is 4.79 Å². The third-order valence-electron chi connectivity index (χ3n) is 4.66. The fourth-order valence-corrected chi connectivity index (χ4v) is 3.38. The Balaban J connectivity index is 1.59. The molecule has 112 valence electrons. The van der Waals surface area contributed by atoms with Crippen molar-refractivity contribution in [3.63, 3.8) is 0 Å². The van der Waals surface area contributed by atoms with Gasteiger partial charge in [-0.15, -0.1) is 0 Å². The second-order valence-corrected chi connectivity index (χ2v) is 6.13. The Bertz CT molecular complexity index is 397. The summed E-state index contributed by atoms with van der Waals surface area (Å²) in [5, 5.41) is 8.82. The first-order valence-corrected chi connectivity index (χ1v) is 7.66. The van der Waals surface area contributed by atoms with Crippen LogP contribution in [0.2, 0.25) is 0 Å². The van der Waals surface area contributed by atoms with Gasteiger partial charge in [0, 0.05) is 38.3 Å². The van der Waals surface area contributed by atoms with Crippen molar-refractivity contribution >= 4 is 12.0 Å². The van der Waals surface area contributed by atoms with Gasteiger partial charge in [-0.05, 0) is 32.2 Å². The van der Waals surface area contributed by atoms with Crippen LogP contribution in [0, 0.1) is 0 Å². The lowest BCUT2D eigenvalue weighted by Gasteiger charge is -2.39. The normalized spacial score (nSPS) is 26.4. The maximum Gasteiger partial charge on any atom is 0.320 e. The van der Waals surface area contributed by atoms with E-state index in [2.05, 4.69) is 4.90 Å². The van der Waals surface area contributed by atoms with Crippen molar-refractivity contribution in [2.45, 2.75) is 44.2 Å². The van der Waals surface area contributed by atoms with E-state index in [0.29, 0.717) is 12.6 Å². The van der Waals surface area contributed by atoms with E-state index in [1.165, 1.54) is 12.8 Å². The molecule has 3 rings (SSSR count). The molecule has 2 amide bonds. The number of carboxylic acids is 1. The lowest BCUT2D eigenvalue weighted by atomic mass is 10.1. The minimum Gasteiger partial charge on any atom is -0.481 e. The molecule has 0 aromatic rings. The van der Waals surface area contributed by atoms with Gasteiger partial charge in [0.05, 0.1) is 6.42 Å². The Morgan fingerprint density at radius 2 is 1.95 bits per heavy atom. The Morgan fingerprint density at radius 1 is 1.15 bits per heavy atom. The van der Waals surface area contributed by atoms with Gasteiger partial charge in [0.2, 0.25) is 0 Å². The van der Waals surface area contributed by atoms with E-state index in [-0.39, 0.29) is 18.5 Å². The predicted octanol–water partition coefficient (Wildman–Crippen LogP) is 0.825. The summed E-state index contributed by atoms with van der Waals surface area (Å²) in [6, 6.07) is 0.858. The van der Waals surface area contributed by atoms with Gasteiger partial charge >= 0.3 is 12.0 Å². The average Bonchev–Trinajstić information content (AvgIpc) is 3.15. The Kier molecular flexibility index (Phi) is 3.83. The first-order valence-electron chi connectivity index (χ1n) is 7.66. The van der Waals surface area contributed by atoms with Crippen LogP contribution in [-0.2, 0) is 4.79 Å². The maximum absolute atomic E-state index is 12.6. The number of hydrogen-bond acceptors (Lipinski definition) is 3. The summed E-state index contributed by atoms with van der Waals surface area (Å²) in [5.74, 6) is -0.830. The van der Waals surface area contributed by atoms with Gasteiger partial charge < -0.3 is 14.9 Å². The van der Waals surface area contributed by atoms with Crippen LogP contribution in [0.25, 0.3) is 0 Å². The molecule has 1 atom stereocenters. The predicted molar refractivity (Wildman–Crippen MR) is 73.5 cm³/mol. The summed E-state index contributed by atoms with van der Waals surface area (Å²) in [5.41, 5.74) is 0. The second-order valence-electron chi connectivity index (χ2n) is 6.13. The topological polar surface area (TPSA) is 64.1 Å². The number of amides is 2. The molecule has 0 spiro atoms. The van der Waals surface area contributed by atoms with Crippen molar-refractivity contribution in [2.24, 2.45) is 0 Å². The van der Waals surface area contributed by atoms with Crippen LogP contribution in [0.15, 0.2) is 0 Å². The molecular formula is C14H23N3O3. The molecule has 6 heteroatoms. The quantitative estimate of drug-likeness (QED) is 0.829. The molecule has 2 aliphatic heterocycles. The number of carbonyl (C=O) groups excluding carboxylic acids is 1. The Morgan fingerprint density at radius 3 is 2.65 bits per heavy atom. The molecule has 0 aromatic heterocycles. The zero-order chi connectivity index (χ0) is 14.1. The van der Waals surface area contributed by atoms with Crippen molar-refractivity contribution in [3.05, 3.63) is 0 Å². The van der Waals surface area contributed by atoms with Crippen molar-refractivity contribution < 1.29 is 14.7 Å². The van der Waals surface area contributed by atoms with E-state index in [1.54, 1.807) is 4.90 Å². The molecule has 2 heterocycles. The third kappa shape index (κ3) is 2.90. The summed E-state index contributed by atoms with van der Waals surface area (Å²) in [4.78, 5) is 29.6. The van der Waals surface area contributed by atoms with Crippen LogP contribution in [-0.4, -0.2) is 76.6 Å². The van der Waals surface area contributed by atoms with Crippen LogP contribution in [0.4, 0.5) is 4.79 Å². The summed E-state index contributed by atoms with van der Waals surface area (Å²) >= 11 is 0. The zero-order valence-electron chi connectivity index (χ0n) is 11.8. The minimum atomic E-state index is -0.830. The fourth-order valence-electron chi connectivity index (χ4n) is 3.38. The van der Waals surface area contributed by atoms with Crippen LogP contribution in [0.5, 0.6) is 0 Å². The highest BCUT2D eigenvalue weighted by molar-refractivity contribution is 5.76. The minimum absolute atomic E-state index is 0.0473. The molecule has 2 saturated heterocycles. The zero-order valence-corrected chi connectivity index (χ0v) is 11.8. The molecular weight excluding hydrogens is 258 g/mol. The largest absolute Gasteiger partial charge is 0.481 e. The fraction of sp³-hybridized carbons (Fsp3) is 0.857. The van der Waals surface area contributed by atoms with Gasteiger partial charge in [-0.2, -0.15) is 0 Å². The van der Waals surface area contributed by atoms with Crippen molar-refractivity contribution in [3.8, 4) is 0 Å². The first kappa shape index (κ1) is 13.7. The smallest absolute Gasteiger partial charge is 0.320 e. The number of carboxylic acid groups (broad SMARTS) is 1. The number of urea groups is 1. The molecule has 3 fully saturated rings. The number of piperazine rings is 1. The van der Waals surface area contributed by atoms with E-state index in [0.717, 1.165) is 39.0 Å². The summed E-state index contributed by atoms with van der Waals surface area (Å²) in [7, 11) is 0. The lowest BCUT2D eigenvalue weighted by Crippen LogP contribution is -2.56. The number of carbonyl (C=O) groups is 2. The van der Waals surface area contributed by atoms with E-state index in [1.807, 2.05) is 4.90 Å². The number of hydrogen-bond donors (Lipinski definition) is 1. The number of fused-ring (bicyclic) bond motifs is 1. The molecule has 1 aliphatic carbocycles. The van der Waals surface area contributed by atoms with Gasteiger partial charge in [0.25, 0.3) is 0 Å². The van der Waals surface area contributed by atoms with Gasteiger partial charge in [0.1, 0.15) is 0 Å². The van der Waals surface area contributed by atoms with Crippen LogP contribution >= 0.6 is 0 Å². The second kappa shape index (κ2) is 5.60. The highest BCUT2D eigenvalue weighted by Gasteiger charge is 2.38. The number of rotatable bonds is 4. The van der Waals surface area contributed by atoms with Crippen molar-refractivity contribution in [2.75, 3.05) is 32.7 Å². The standard InChI is InChI=1S/C14H23N3O3/c18-13(19)5-7-17(11-3-4-11)14(20)16-9-8-15-6-1-2-12(15)10-16/h11-12H,1-10H2,(H,18,19). The van der Waals surface area contributed by atoms with Gasteiger partial charge in [-0.1, -0.05) is 0 Å². The molecule has 0 bridgehead atoms. The van der Waals surface area contributed by atoms with E-state index in [4.69, 9.17) is 5.11 Å². The van der Waals surface area contributed by atoms with Crippen LogP contribution in [0.1, 0.15) is 32.1 Å². The molecule has 1 unspecified atom stereocenters. The molecule has 3 aliphatic rings. The maximum atomic E-state index is 12.6. The molecule has 1 saturated carbocycles. The Labute approximate surface area is 119 Å². The summed E-state index contributed by atoms with van der Waals surface area (Å²) in [6.45, 7) is 4.08. The third-order valence-corrected chi connectivity index (χ3v) is 4.66. The summed E-state index contributed by atoms with van der Waals surface area (Å²) < 4.78 is 0. The Hall–Kier alpha value is -1.30. The molecule has 1 N–H and O–H groups in total. The van der Waals surface area contributed by atoms with Crippen molar-refractivity contribution in [1.82, 2.24) is 14.7 Å². The monoisotopic (exact) mass is 281 g/mol. The van der Waals surface area contributed by atoms with Gasteiger partial charge in [-0.3, -0.25) is 9.69 Å². The summed E-state index contributed by atoms with van der Waals surface area (Å²) in [6.07, 6.45) is 4.51.